The molecule has 0 aliphatic heterocycles. The summed E-state index contributed by atoms with van der Waals surface area (Å²) in [6.45, 7) is 2.54. The van der Waals surface area contributed by atoms with Crippen molar-refractivity contribution in [3.63, 3.8) is 0 Å². The first kappa shape index (κ1) is 17.2. The molecule has 0 unspecified atom stereocenters. The van der Waals surface area contributed by atoms with E-state index in [4.69, 9.17) is 0 Å². The predicted octanol–water partition coefficient (Wildman–Crippen LogP) is 2.02. The highest BCUT2D eigenvalue weighted by atomic mass is 32.1. The third-order valence-corrected chi connectivity index (χ3v) is 4.33. The summed E-state index contributed by atoms with van der Waals surface area (Å²) in [7, 11) is 0. The average molecular weight is 332 g/mol. The molecule has 0 atom stereocenters. The summed E-state index contributed by atoms with van der Waals surface area (Å²) in [5.74, 6) is -0.209. The van der Waals surface area contributed by atoms with Gasteiger partial charge in [-0.1, -0.05) is 30.3 Å². The summed E-state index contributed by atoms with van der Waals surface area (Å²) < 4.78 is 0. The lowest BCUT2D eigenvalue weighted by atomic mass is 10.2. The maximum absolute atomic E-state index is 12.6. The molecule has 0 spiro atoms. The van der Waals surface area contributed by atoms with Gasteiger partial charge >= 0.3 is 0 Å². The molecule has 2 N–H and O–H groups in total. The second kappa shape index (κ2) is 8.45. The molecule has 0 bridgehead atoms. The van der Waals surface area contributed by atoms with Crippen molar-refractivity contribution < 1.29 is 14.7 Å². The number of aliphatic hydroxyl groups is 1. The van der Waals surface area contributed by atoms with E-state index in [0.29, 0.717) is 18.0 Å². The third-order valence-electron chi connectivity index (χ3n) is 3.26. The Morgan fingerprint density at radius 1 is 1.17 bits per heavy atom. The fourth-order valence-corrected chi connectivity index (χ4v) is 3.05. The zero-order valence-corrected chi connectivity index (χ0v) is 13.8. The van der Waals surface area contributed by atoms with Crippen molar-refractivity contribution in [3.8, 4) is 0 Å². The lowest BCUT2D eigenvalue weighted by molar-refractivity contribution is -0.119. The van der Waals surface area contributed by atoms with Crippen LogP contribution in [0.1, 0.15) is 27.0 Å². The van der Waals surface area contributed by atoms with Gasteiger partial charge in [0.2, 0.25) is 5.91 Å². The van der Waals surface area contributed by atoms with Crippen LogP contribution in [0.25, 0.3) is 0 Å². The number of aliphatic hydroxyl groups excluding tert-OH is 1. The van der Waals surface area contributed by atoms with Crippen molar-refractivity contribution in [2.45, 2.75) is 20.0 Å². The smallest absolute Gasteiger partial charge is 0.264 e. The van der Waals surface area contributed by atoms with Crippen molar-refractivity contribution in [2.75, 3.05) is 13.2 Å². The first-order valence-corrected chi connectivity index (χ1v) is 8.19. The summed E-state index contributed by atoms with van der Waals surface area (Å²) in [6, 6.07) is 13.3. The van der Waals surface area contributed by atoms with E-state index in [1.165, 1.54) is 18.3 Å². The Labute approximate surface area is 139 Å². The number of thiophene rings is 1. The van der Waals surface area contributed by atoms with Crippen LogP contribution >= 0.6 is 11.3 Å². The van der Waals surface area contributed by atoms with E-state index in [0.717, 1.165) is 10.4 Å². The molecule has 1 aromatic heterocycles. The largest absolute Gasteiger partial charge is 0.395 e. The number of hydrogen-bond donors (Lipinski definition) is 2. The Morgan fingerprint density at radius 2 is 1.91 bits per heavy atom. The van der Waals surface area contributed by atoms with Gasteiger partial charge in [-0.3, -0.25) is 9.59 Å². The molecule has 0 radical (unpaired) electrons. The van der Waals surface area contributed by atoms with Crippen LogP contribution in [0.4, 0.5) is 0 Å². The first-order chi connectivity index (χ1) is 11.1. The fourth-order valence-electron chi connectivity index (χ4n) is 2.13. The van der Waals surface area contributed by atoms with E-state index in [-0.39, 0.29) is 25.0 Å². The minimum absolute atomic E-state index is 0.0807. The van der Waals surface area contributed by atoms with Crippen LogP contribution < -0.4 is 5.32 Å². The maximum atomic E-state index is 12.6. The molecule has 0 saturated carbocycles. The van der Waals surface area contributed by atoms with Crippen LogP contribution in [0, 0.1) is 0 Å². The van der Waals surface area contributed by atoms with Crippen LogP contribution in [0.3, 0.4) is 0 Å². The molecule has 0 saturated heterocycles. The number of nitrogens with zero attached hydrogens (tertiary/aromatic N) is 1. The molecule has 0 fully saturated rings. The zero-order chi connectivity index (χ0) is 16.7. The highest BCUT2D eigenvalue weighted by molar-refractivity contribution is 7.14. The second-order valence-electron chi connectivity index (χ2n) is 5.11. The van der Waals surface area contributed by atoms with Crippen LogP contribution in [0.15, 0.2) is 42.5 Å². The van der Waals surface area contributed by atoms with Gasteiger partial charge in [-0.05, 0) is 17.7 Å². The number of benzene rings is 1. The molecule has 2 rings (SSSR count). The average Bonchev–Trinajstić information content (AvgIpc) is 3.02. The highest BCUT2D eigenvalue weighted by Gasteiger charge is 2.17. The van der Waals surface area contributed by atoms with Gasteiger partial charge in [-0.15, -0.1) is 11.3 Å². The minimum Gasteiger partial charge on any atom is -0.395 e. The van der Waals surface area contributed by atoms with Crippen LogP contribution in [0.2, 0.25) is 0 Å². The number of hydrogen-bond acceptors (Lipinski definition) is 4. The predicted molar refractivity (Wildman–Crippen MR) is 90.1 cm³/mol. The molecule has 1 heterocycles. The topological polar surface area (TPSA) is 69.6 Å². The molecular weight excluding hydrogens is 312 g/mol. The van der Waals surface area contributed by atoms with Gasteiger partial charge in [0.15, 0.2) is 0 Å². The second-order valence-corrected chi connectivity index (χ2v) is 6.28. The van der Waals surface area contributed by atoms with Gasteiger partial charge in [0.25, 0.3) is 5.91 Å². The highest BCUT2D eigenvalue weighted by Crippen LogP contribution is 2.19. The molecule has 122 valence electrons. The van der Waals surface area contributed by atoms with Crippen molar-refractivity contribution >= 4 is 23.2 Å². The maximum Gasteiger partial charge on any atom is 0.264 e. The molecule has 1 aromatic carbocycles. The van der Waals surface area contributed by atoms with Gasteiger partial charge in [0.1, 0.15) is 0 Å². The molecule has 0 aliphatic carbocycles. The van der Waals surface area contributed by atoms with E-state index in [1.807, 2.05) is 36.4 Å². The van der Waals surface area contributed by atoms with Crippen molar-refractivity contribution in [1.29, 1.82) is 0 Å². The standard InChI is InChI=1S/C17H20N2O3S/c1-13(21)18-11-15-7-8-16(23-15)17(22)19(9-10-20)12-14-5-3-2-4-6-14/h2-8,20H,9-12H2,1H3,(H,18,21). The first-order valence-electron chi connectivity index (χ1n) is 7.37. The SMILES string of the molecule is CC(=O)NCc1ccc(C(=O)N(CCO)Cc2ccccc2)s1. The molecule has 0 aliphatic rings. The van der Waals surface area contributed by atoms with Crippen LogP contribution in [-0.2, 0) is 17.9 Å². The van der Waals surface area contributed by atoms with Gasteiger partial charge in [-0.2, -0.15) is 0 Å². The number of carbonyl (C=O) groups is 2. The van der Waals surface area contributed by atoms with Crippen molar-refractivity contribution in [3.05, 3.63) is 57.8 Å². The molecule has 6 heteroatoms. The number of nitrogens with one attached hydrogen (secondary N) is 1. The van der Waals surface area contributed by atoms with E-state index in [2.05, 4.69) is 5.32 Å². The van der Waals surface area contributed by atoms with Gasteiger partial charge < -0.3 is 15.3 Å². The van der Waals surface area contributed by atoms with Gasteiger partial charge in [0.05, 0.1) is 18.0 Å². The monoisotopic (exact) mass is 332 g/mol. The quantitative estimate of drug-likeness (QED) is 0.815. The molecule has 2 amide bonds. The third kappa shape index (κ3) is 5.19. The molecule has 5 nitrogen and oxygen atoms in total. The Kier molecular flexibility index (Phi) is 6.31. The molecule has 23 heavy (non-hydrogen) atoms. The van der Waals surface area contributed by atoms with Crippen LogP contribution in [-0.4, -0.2) is 35.0 Å². The molecular formula is C17H20N2O3S. The van der Waals surface area contributed by atoms with Crippen molar-refractivity contribution in [1.82, 2.24) is 10.2 Å². The number of carbonyl (C=O) groups excluding carboxylic acids is 2. The number of rotatable bonds is 7. The normalized spacial score (nSPS) is 10.3. The lowest BCUT2D eigenvalue weighted by Gasteiger charge is -2.21. The van der Waals surface area contributed by atoms with E-state index < -0.39 is 0 Å². The minimum atomic E-state index is -0.109. The Hall–Kier alpha value is -2.18. The van der Waals surface area contributed by atoms with Gasteiger partial charge in [0, 0.05) is 24.9 Å². The zero-order valence-electron chi connectivity index (χ0n) is 13.0. The number of amides is 2. The summed E-state index contributed by atoms with van der Waals surface area (Å²) in [5.41, 5.74) is 1.02. The van der Waals surface area contributed by atoms with E-state index >= 15 is 0 Å². The molecule has 2 aromatic rings. The Morgan fingerprint density at radius 3 is 2.57 bits per heavy atom. The Bertz CT molecular complexity index is 655. The van der Waals surface area contributed by atoms with Crippen LogP contribution in [0.5, 0.6) is 0 Å². The fraction of sp³-hybridized carbons (Fsp3) is 0.294. The van der Waals surface area contributed by atoms with Gasteiger partial charge in [-0.25, -0.2) is 0 Å². The van der Waals surface area contributed by atoms with E-state index in [1.54, 1.807) is 11.0 Å². The summed E-state index contributed by atoms with van der Waals surface area (Å²) in [6.07, 6.45) is 0. The lowest BCUT2D eigenvalue weighted by Crippen LogP contribution is -2.32. The Balaban J connectivity index is 2.06. The summed E-state index contributed by atoms with van der Waals surface area (Å²) in [4.78, 5) is 26.7. The summed E-state index contributed by atoms with van der Waals surface area (Å²) >= 11 is 1.36. The summed E-state index contributed by atoms with van der Waals surface area (Å²) in [5, 5.41) is 11.9. The van der Waals surface area contributed by atoms with E-state index in [9.17, 15) is 14.7 Å². The van der Waals surface area contributed by atoms with Crippen molar-refractivity contribution in [2.24, 2.45) is 0 Å².